The molecule has 1 atom stereocenters. The number of hydrogen-bond donors (Lipinski definition) is 2. The molecule has 0 radical (unpaired) electrons. The summed E-state index contributed by atoms with van der Waals surface area (Å²) in [5.74, 6) is -3.25. The minimum atomic E-state index is -4.47. The first kappa shape index (κ1) is 21.7. The SMILES string of the molecule is CC(Sc1nnc(Nc2ccc(SC(F)F)cc2)s1)C(=O)NCC(F)(F)F. The average molecular weight is 444 g/mol. The van der Waals surface area contributed by atoms with Crippen LogP contribution in [-0.2, 0) is 4.79 Å². The summed E-state index contributed by atoms with van der Waals surface area (Å²) in [6.45, 7) is 0.0732. The number of halogens is 5. The van der Waals surface area contributed by atoms with E-state index in [1.807, 2.05) is 5.32 Å². The molecule has 0 spiro atoms. The number of hydrogen-bond acceptors (Lipinski definition) is 7. The second-order valence-corrected chi connectivity index (χ2v) is 8.62. The van der Waals surface area contributed by atoms with Gasteiger partial charge in [0.25, 0.3) is 5.76 Å². The molecule has 0 saturated heterocycles. The van der Waals surface area contributed by atoms with Gasteiger partial charge in [0.15, 0.2) is 4.34 Å². The monoisotopic (exact) mass is 444 g/mol. The van der Waals surface area contributed by atoms with Gasteiger partial charge in [-0.05, 0) is 31.2 Å². The highest BCUT2D eigenvalue weighted by molar-refractivity contribution is 8.02. The van der Waals surface area contributed by atoms with Crippen molar-refractivity contribution in [2.45, 2.75) is 33.3 Å². The van der Waals surface area contributed by atoms with Crippen LogP contribution in [0.3, 0.4) is 0 Å². The summed E-state index contributed by atoms with van der Waals surface area (Å²) in [5, 5.41) is 12.1. The largest absolute Gasteiger partial charge is 0.405 e. The lowest BCUT2D eigenvalue weighted by molar-refractivity contribution is -0.137. The van der Waals surface area contributed by atoms with Crippen LogP contribution >= 0.6 is 34.9 Å². The van der Waals surface area contributed by atoms with E-state index in [1.165, 1.54) is 19.1 Å². The second kappa shape index (κ2) is 9.55. The fourth-order valence-electron chi connectivity index (χ4n) is 1.69. The number of carbonyl (C=O) groups excluding carboxylic acids is 1. The Labute approximate surface area is 163 Å². The Balaban J connectivity index is 1.87. The Bertz CT molecular complexity index is 754. The number of alkyl halides is 5. The summed E-state index contributed by atoms with van der Waals surface area (Å²) in [5.41, 5.74) is 0.609. The van der Waals surface area contributed by atoms with Crippen LogP contribution in [0.2, 0.25) is 0 Å². The molecule has 1 amide bonds. The van der Waals surface area contributed by atoms with E-state index in [-0.39, 0.29) is 0 Å². The molecule has 148 valence electrons. The molecule has 0 bridgehead atoms. The molecular formula is C14H13F5N4OS3. The van der Waals surface area contributed by atoms with Gasteiger partial charge in [0, 0.05) is 10.6 Å². The number of benzene rings is 1. The van der Waals surface area contributed by atoms with Crippen LogP contribution in [0.1, 0.15) is 6.92 Å². The number of anilines is 2. The molecule has 1 aromatic heterocycles. The van der Waals surface area contributed by atoms with Gasteiger partial charge in [0.05, 0.1) is 5.25 Å². The number of amides is 1. The minimum absolute atomic E-state index is 0.398. The highest BCUT2D eigenvalue weighted by Crippen LogP contribution is 2.31. The zero-order valence-corrected chi connectivity index (χ0v) is 16.0. The summed E-state index contributed by atoms with van der Waals surface area (Å²) in [6.07, 6.45) is -4.47. The average Bonchev–Trinajstić information content (AvgIpc) is 3.00. The summed E-state index contributed by atoms with van der Waals surface area (Å²) in [4.78, 5) is 12.1. The Morgan fingerprint density at radius 2 is 1.85 bits per heavy atom. The molecule has 0 aliphatic rings. The van der Waals surface area contributed by atoms with Crippen molar-refractivity contribution in [2.75, 3.05) is 11.9 Å². The van der Waals surface area contributed by atoms with E-state index in [9.17, 15) is 26.7 Å². The van der Waals surface area contributed by atoms with Gasteiger partial charge in [-0.2, -0.15) is 22.0 Å². The molecule has 1 aromatic carbocycles. The third kappa shape index (κ3) is 7.89. The summed E-state index contributed by atoms with van der Waals surface area (Å²) >= 11 is 2.53. The molecule has 0 fully saturated rings. The zero-order chi connectivity index (χ0) is 20.0. The fourth-order valence-corrected chi connectivity index (χ4v) is 4.13. The van der Waals surface area contributed by atoms with E-state index in [0.717, 1.165) is 23.1 Å². The normalized spacial score (nSPS) is 12.9. The van der Waals surface area contributed by atoms with E-state index in [0.29, 0.717) is 31.8 Å². The van der Waals surface area contributed by atoms with Gasteiger partial charge in [0.2, 0.25) is 11.0 Å². The lowest BCUT2D eigenvalue weighted by atomic mass is 10.3. The van der Waals surface area contributed by atoms with Gasteiger partial charge in [-0.1, -0.05) is 34.9 Å². The standard InChI is InChI=1S/C14H13F5N4OS3/c1-7(10(24)20-6-14(17,18)19)25-13-23-22-12(27-13)21-8-2-4-9(5-3-8)26-11(15)16/h2-5,7,11H,6H2,1H3,(H,20,24)(H,21,22). The Hall–Kier alpha value is -1.60. The number of nitrogens with one attached hydrogen (secondary N) is 2. The van der Waals surface area contributed by atoms with Crippen LogP contribution in [0.4, 0.5) is 32.8 Å². The minimum Gasteiger partial charge on any atom is -0.346 e. The summed E-state index contributed by atoms with van der Waals surface area (Å²) in [6, 6.07) is 6.27. The first-order valence-electron chi connectivity index (χ1n) is 7.29. The van der Waals surface area contributed by atoms with Crippen molar-refractivity contribution in [2.24, 2.45) is 0 Å². The van der Waals surface area contributed by atoms with E-state index < -0.39 is 29.6 Å². The third-order valence-corrected chi connectivity index (χ3v) is 5.59. The predicted molar refractivity (Wildman–Crippen MR) is 95.9 cm³/mol. The van der Waals surface area contributed by atoms with E-state index >= 15 is 0 Å². The van der Waals surface area contributed by atoms with Crippen LogP contribution in [0.5, 0.6) is 0 Å². The van der Waals surface area contributed by atoms with Crippen molar-refractivity contribution < 1.29 is 26.7 Å². The maximum Gasteiger partial charge on any atom is 0.405 e. The smallest absolute Gasteiger partial charge is 0.346 e. The number of nitrogens with zero attached hydrogens (tertiary/aromatic N) is 2. The topological polar surface area (TPSA) is 66.9 Å². The molecule has 1 heterocycles. The quantitative estimate of drug-likeness (QED) is 0.452. The van der Waals surface area contributed by atoms with Gasteiger partial charge in [0.1, 0.15) is 6.54 Å². The third-order valence-electron chi connectivity index (χ3n) is 2.85. The van der Waals surface area contributed by atoms with Crippen molar-refractivity contribution in [3.05, 3.63) is 24.3 Å². The van der Waals surface area contributed by atoms with Crippen LogP contribution < -0.4 is 10.6 Å². The van der Waals surface area contributed by atoms with Gasteiger partial charge < -0.3 is 10.6 Å². The van der Waals surface area contributed by atoms with E-state index in [1.54, 1.807) is 12.1 Å². The van der Waals surface area contributed by atoms with Crippen LogP contribution in [0, 0.1) is 0 Å². The zero-order valence-electron chi connectivity index (χ0n) is 13.6. The number of thioether (sulfide) groups is 2. The molecule has 5 nitrogen and oxygen atoms in total. The summed E-state index contributed by atoms with van der Waals surface area (Å²) in [7, 11) is 0. The maximum atomic E-state index is 12.3. The molecule has 2 N–H and O–H groups in total. The molecule has 27 heavy (non-hydrogen) atoms. The van der Waals surface area contributed by atoms with Crippen LogP contribution in [-0.4, -0.2) is 39.8 Å². The molecule has 0 saturated carbocycles. The number of aromatic nitrogens is 2. The van der Waals surface area contributed by atoms with Crippen molar-refractivity contribution in [1.29, 1.82) is 0 Å². The number of rotatable bonds is 8. The van der Waals surface area contributed by atoms with Crippen LogP contribution in [0.25, 0.3) is 0 Å². The van der Waals surface area contributed by atoms with Gasteiger partial charge >= 0.3 is 6.18 Å². The Morgan fingerprint density at radius 1 is 1.19 bits per heavy atom. The highest BCUT2D eigenvalue weighted by Gasteiger charge is 2.29. The molecule has 0 aliphatic heterocycles. The molecule has 2 aromatic rings. The first-order chi connectivity index (χ1) is 12.6. The number of carbonyl (C=O) groups is 1. The molecule has 13 heteroatoms. The predicted octanol–water partition coefficient (Wildman–Crippen LogP) is 4.76. The Kier molecular flexibility index (Phi) is 7.68. The van der Waals surface area contributed by atoms with Gasteiger partial charge in [-0.15, -0.1) is 10.2 Å². The maximum absolute atomic E-state index is 12.3. The molecule has 2 rings (SSSR count). The van der Waals surface area contributed by atoms with Gasteiger partial charge in [-0.25, -0.2) is 0 Å². The Morgan fingerprint density at radius 3 is 2.44 bits per heavy atom. The van der Waals surface area contributed by atoms with E-state index in [2.05, 4.69) is 15.5 Å². The van der Waals surface area contributed by atoms with Crippen molar-refractivity contribution >= 4 is 51.6 Å². The van der Waals surface area contributed by atoms with Crippen molar-refractivity contribution in [3.8, 4) is 0 Å². The van der Waals surface area contributed by atoms with Crippen molar-refractivity contribution in [1.82, 2.24) is 15.5 Å². The highest BCUT2D eigenvalue weighted by atomic mass is 32.2. The second-order valence-electron chi connectivity index (χ2n) is 4.99. The van der Waals surface area contributed by atoms with Crippen LogP contribution in [0.15, 0.2) is 33.5 Å². The van der Waals surface area contributed by atoms with E-state index in [4.69, 9.17) is 0 Å². The molecule has 1 unspecified atom stereocenters. The van der Waals surface area contributed by atoms with Crippen molar-refractivity contribution in [3.63, 3.8) is 0 Å². The first-order valence-corrected chi connectivity index (χ1v) is 9.86. The molecular weight excluding hydrogens is 431 g/mol. The van der Waals surface area contributed by atoms with Gasteiger partial charge in [-0.3, -0.25) is 4.79 Å². The molecule has 0 aliphatic carbocycles. The lowest BCUT2D eigenvalue weighted by Gasteiger charge is -2.11. The lowest BCUT2D eigenvalue weighted by Crippen LogP contribution is -2.37. The fraction of sp³-hybridized carbons (Fsp3) is 0.357. The summed E-state index contributed by atoms with van der Waals surface area (Å²) < 4.78 is 61.3.